The molecule has 1 aromatic rings. The monoisotopic (exact) mass is 184 g/mol. The van der Waals surface area contributed by atoms with E-state index in [2.05, 4.69) is 46.7 Å². The van der Waals surface area contributed by atoms with Crippen molar-refractivity contribution in [1.29, 1.82) is 0 Å². The lowest BCUT2D eigenvalue weighted by Crippen LogP contribution is -2.25. The van der Waals surface area contributed by atoms with Gasteiger partial charge in [-0.25, -0.2) is 0 Å². The molecule has 1 atom stereocenters. The van der Waals surface area contributed by atoms with Crippen molar-refractivity contribution in [2.75, 3.05) is 0 Å². The lowest BCUT2D eigenvalue weighted by molar-refractivity contribution is 0.347. The van der Waals surface area contributed by atoms with E-state index in [1.165, 1.54) is 11.0 Å². The first-order valence-electron chi connectivity index (χ1n) is 4.16. The molecule has 68 valence electrons. The Balaban J connectivity index is 3.28. The Labute approximate surface area is 76.6 Å². The maximum atomic E-state index is 4.48. The van der Waals surface area contributed by atoms with Crippen LogP contribution in [0.2, 0.25) is 0 Å². The second-order valence-electron chi connectivity index (χ2n) is 4.17. The van der Waals surface area contributed by atoms with Crippen molar-refractivity contribution < 1.29 is 0 Å². The van der Waals surface area contributed by atoms with E-state index < -0.39 is 0 Å². The second-order valence-corrected chi connectivity index (χ2v) is 4.74. The fourth-order valence-corrected chi connectivity index (χ4v) is 1.49. The highest BCUT2D eigenvalue weighted by atomic mass is 31.0. The average Bonchev–Trinajstić information content (AvgIpc) is 2.15. The molecule has 0 spiro atoms. The van der Waals surface area contributed by atoms with Crippen molar-refractivity contribution in [3.8, 4) is 0 Å². The molecule has 0 radical (unpaired) electrons. The summed E-state index contributed by atoms with van der Waals surface area (Å²) in [5.74, 6) is 0. The number of hydrogen-bond donors (Lipinski definition) is 0. The van der Waals surface area contributed by atoms with Crippen LogP contribution in [0.1, 0.15) is 32.2 Å². The van der Waals surface area contributed by atoms with Crippen LogP contribution in [0, 0.1) is 13.8 Å². The van der Waals surface area contributed by atoms with Gasteiger partial charge in [0.25, 0.3) is 0 Å². The van der Waals surface area contributed by atoms with Gasteiger partial charge in [-0.2, -0.15) is 5.10 Å². The molecule has 1 heterocycles. The molecule has 1 aromatic heterocycles. The molecule has 0 N–H and O–H groups in total. The molecule has 1 rings (SSSR count). The van der Waals surface area contributed by atoms with E-state index in [-0.39, 0.29) is 5.54 Å². The molecule has 3 heteroatoms. The fourth-order valence-electron chi connectivity index (χ4n) is 1.31. The van der Waals surface area contributed by atoms with Crippen LogP contribution >= 0.6 is 9.24 Å². The van der Waals surface area contributed by atoms with Gasteiger partial charge >= 0.3 is 0 Å². The normalized spacial score (nSPS) is 12.2. The summed E-state index contributed by atoms with van der Waals surface area (Å²) in [4.78, 5) is 0. The molecule has 0 fully saturated rings. The lowest BCUT2D eigenvalue weighted by atomic mass is 10.1. The summed E-state index contributed by atoms with van der Waals surface area (Å²) >= 11 is 0. The van der Waals surface area contributed by atoms with Gasteiger partial charge in [0.1, 0.15) is 0 Å². The van der Waals surface area contributed by atoms with Crippen LogP contribution in [-0.4, -0.2) is 9.78 Å². The largest absolute Gasteiger partial charge is 0.264 e. The van der Waals surface area contributed by atoms with Gasteiger partial charge in [-0.3, -0.25) is 4.68 Å². The summed E-state index contributed by atoms with van der Waals surface area (Å²) in [7, 11) is 2.74. The number of nitrogens with zero attached hydrogens (tertiary/aromatic N) is 2. The lowest BCUT2D eigenvalue weighted by Gasteiger charge is -2.21. The minimum atomic E-state index is 0.0870. The van der Waals surface area contributed by atoms with Crippen molar-refractivity contribution in [2.24, 2.45) is 0 Å². The summed E-state index contributed by atoms with van der Waals surface area (Å²) in [6.45, 7) is 10.6. The Morgan fingerprint density at radius 3 is 1.92 bits per heavy atom. The molecule has 0 saturated carbocycles. The predicted octanol–water partition coefficient (Wildman–Crippen LogP) is 1.76. The standard InChI is InChI=1S/C9H17N2P/c1-6-8(12)7(2)11(10-6)9(3,4)5/h12H2,1-5H3. The van der Waals surface area contributed by atoms with E-state index in [0.717, 1.165) is 5.69 Å². The Morgan fingerprint density at radius 1 is 1.25 bits per heavy atom. The van der Waals surface area contributed by atoms with Crippen LogP contribution in [0.25, 0.3) is 0 Å². The van der Waals surface area contributed by atoms with E-state index in [1.807, 2.05) is 6.92 Å². The van der Waals surface area contributed by atoms with E-state index in [4.69, 9.17) is 0 Å². The highest BCUT2D eigenvalue weighted by Crippen LogP contribution is 2.16. The first-order valence-corrected chi connectivity index (χ1v) is 4.74. The van der Waals surface area contributed by atoms with E-state index >= 15 is 0 Å². The molecule has 12 heavy (non-hydrogen) atoms. The highest BCUT2D eigenvalue weighted by molar-refractivity contribution is 7.27. The Hall–Kier alpha value is -0.360. The first kappa shape index (κ1) is 9.73. The molecule has 0 aliphatic heterocycles. The van der Waals surface area contributed by atoms with Crippen molar-refractivity contribution in [3.05, 3.63) is 11.4 Å². The van der Waals surface area contributed by atoms with Crippen LogP contribution in [0.15, 0.2) is 0 Å². The van der Waals surface area contributed by atoms with E-state index in [1.54, 1.807) is 0 Å². The third kappa shape index (κ3) is 1.54. The van der Waals surface area contributed by atoms with Gasteiger partial charge in [0, 0.05) is 11.0 Å². The summed E-state index contributed by atoms with van der Waals surface area (Å²) in [6.07, 6.45) is 0. The van der Waals surface area contributed by atoms with Crippen molar-refractivity contribution >= 4 is 14.5 Å². The number of rotatable bonds is 0. The summed E-state index contributed by atoms with van der Waals surface area (Å²) in [5, 5.41) is 5.70. The quantitative estimate of drug-likeness (QED) is 0.562. The maximum absolute atomic E-state index is 4.48. The van der Waals surface area contributed by atoms with E-state index in [0.29, 0.717) is 0 Å². The van der Waals surface area contributed by atoms with Crippen LogP contribution in [0.5, 0.6) is 0 Å². The summed E-state index contributed by atoms with van der Waals surface area (Å²) in [6, 6.07) is 0. The smallest absolute Gasteiger partial charge is 0.0668 e. The van der Waals surface area contributed by atoms with Gasteiger partial charge in [-0.05, 0) is 34.6 Å². The topological polar surface area (TPSA) is 17.8 Å². The Morgan fingerprint density at radius 2 is 1.75 bits per heavy atom. The zero-order valence-electron chi connectivity index (χ0n) is 8.47. The third-order valence-electron chi connectivity index (χ3n) is 1.98. The van der Waals surface area contributed by atoms with Crippen molar-refractivity contribution in [3.63, 3.8) is 0 Å². The van der Waals surface area contributed by atoms with Gasteiger partial charge in [0.15, 0.2) is 0 Å². The third-order valence-corrected chi connectivity index (χ3v) is 2.82. The molecule has 0 aliphatic rings. The number of hydrogen-bond acceptors (Lipinski definition) is 1. The van der Waals surface area contributed by atoms with Gasteiger partial charge < -0.3 is 0 Å². The average molecular weight is 184 g/mol. The molecule has 0 saturated heterocycles. The molecule has 2 nitrogen and oxygen atoms in total. The van der Waals surface area contributed by atoms with Crippen LogP contribution in [0.4, 0.5) is 0 Å². The molecule has 0 amide bonds. The Bertz CT molecular complexity index is 294. The second kappa shape index (κ2) is 2.85. The zero-order valence-corrected chi connectivity index (χ0v) is 9.63. The predicted molar refractivity (Wildman–Crippen MR) is 56.0 cm³/mol. The first-order chi connectivity index (χ1) is 5.34. The SMILES string of the molecule is Cc1nn(C(C)(C)C)c(C)c1P. The van der Waals surface area contributed by atoms with Crippen LogP contribution in [-0.2, 0) is 5.54 Å². The van der Waals surface area contributed by atoms with Crippen molar-refractivity contribution in [1.82, 2.24) is 9.78 Å². The minimum absolute atomic E-state index is 0.0870. The van der Waals surface area contributed by atoms with Gasteiger partial charge in [0.2, 0.25) is 0 Å². The van der Waals surface area contributed by atoms with Gasteiger partial charge in [-0.15, -0.1) is 9.24 Å². The van der Waals surface area contributed by atoms with Crippen LogP contribution < -0.4 is 5.30 Å². The Kier molecular flexibility index (Phi) is 2.31. The molecule has 0 aliphatic carbocycles. The van der Waals surface area contributed by atoms with Gasteiger partial charge in [-0.1, -0.05) is 0 Å². The van der Waals surface area contributed by atoms with Gasteiger partial charge in [0.05, 0.1) is 11.2 Å². The zero-order chi connectivity index (χ0) is 9.52. The summed E-state index contributed by atoms with van der Waals surface area (Å²) in [5.41, 5.74) is 2.43. The summed E-state index contributed by atoms with van der Waals surface area (Å²) < 4.78 is 2.07. The highest BCUT2D eigenvalue weighted by Gasteiger charge is 2.18. The molecular formula is C9H17N2P. The van der Waals surface area contributed by atoms with Crippen LogP contribution in [0.3, 0.4) is 0 Å². The molecular weight excluding hydrogens is 167 g/mol. The number of aromatic nitrogens is 2. The van der Waals surface area contributed by atoms with E-state index in [9.17, 15) is 0 Å². The van der Waals surface area contributed by atoms with Crippen molar-refractivity contribution in [2.45, 2.75) is 40.2 Å². The number of aryl methyl sites for hydroxylation is 1. The molecule has 1 unspecified atom stereocenters. The molecule has 0 aromatic carbocycles. The maximum Gasteiger partial charge on any atom is 0.0668 e. The fraction of sp³-hybridized carbons (Fsp3) is 0.667. The molecule has 0 bridgehead atoms. The minimum Gasteiger partial charge on any atom is -0.264 e.